The van der Waals surface area contributed by atoms with Gasteiger partial charge in [-0.25, -0.2) is 0 Å². The van der Waals surface area contributed by atoms with E-state index in [9.17, 15) is 0 Å². The van der Waals surface area contributed by atoms with Crippen molar-refractivity contribution >= 4 is 36.8 Å². The van der Waals surface area contributed by atoms with E-state index in [-0.39, 0.29) is 5.00 Å². The van der Waals surface area contributed by atoms with Crippen LogP contribution in [0.5, 0.6) is 0 Å². The monoisotopic (exact) mass is 312 g/mol. The minimum Gasteiger partial charge on any atom is -0.437 e. The Hall–Kier alpha value is 0.861. The van der Waals surface area contributed by atoms with Crippen LogP contribution >= 0.6 is 11.6 Å². The normalized spacial score (nSPS) is 16.4. The number of hydrogen-bond donors (Lipinski definition) is 0. The summed E-state index contributed by atoms with van der Waals surface area (Å²) in [4.78, 5) is 0. The zero-order valence-corrected chi connectivity index (χ0v) is 16.6. The molecule has 1 unspecified atom stereocenters. The minimum atomic E-state index is -2.04. The molecule has 0 saturated carbocycles. The third-order valence-corrected chi connectivity index (χ3v) is 14.9. The van der Waals surface area contributed by atoms with Crippen molar-refractivity contribution in [3.05, 3.63) is 0 Å². The lowest BCUT2D eigenvalue weighted by Crippen LogP contribution is -2.56. The standard InChI is InChI=1S/C11H29ClO2Si3/c1-10(2)11(12)16(6,7)14-17(8,9)13-15(3,4)5/h10-11H,1-9H3. The Labute approximate surface area is 116 Å². The zero-order valence-electron chi connectivity index (χ0n) is 12.8. The predicted molar refractivity (Wildman–Crippen MR) is 85.0 cm³/mol. The summed E-state index contributed by atoms with van der Waals surface area (Å²) >= 11 is 6.50. The van der Waals surface area contributed by atoms with Crippen molar-refractivity contribution in [1.29, 1.82) is 0 Å². The van der Waals surface area contributed by atoms with Crippen LogP contribution in [0.2, 0.25) is 45.8 Å². The van der Waals surface area contributed by atoms with Crippen molar-refractivity contribution in [3.8, 4) is 0 Å². The molecule has 0 saturated heterocycles. The number of alkyl halides is 1. The summed E-state index contributed by atoms with van der Waals surface area (Å²) in [5.74, 6) is 0.454. The van der Waals surface area contributed by atoms with Gasteiger partial charge in [-0.15, -0.1) is 11.6 Å². The second-order valence-corrected chi connectivity index (χ2v) is 20.3. The molecule has 1 atom stereocenters. The van der Waals surface area contributed by atoms with Gasteiger partial charge in [0, 0.05) is 0 Å². The van der Waals surface area contributed by atoms with Crippen LogP contribution in [0, 0.1) is 5.92 Å². The van der Waals surface area contributed by atoms with Crippen LogP contribution in [0.3, 0.4) is 0 Å². The minimum absolute atomic E-state index is 0.138. The maximum absolute atomic E-state index is 6.50. The Morgan fingerprint density at radius 1 is 0.824 bits per heavy atom. The third-order valence-electron chi connectivity index (χ3n) is 2.31. The summed E-state index contributed by atoms with van der Waals surface area (Å²) in [6.07, 6.45) is 0. The van der Waals surface area contributed by atoms with Crippen LogP contribution in [-0.2, 0) is 8.23 Å². The lowest BCUT2D eigenvalue weighted by Gasteiger charge is -2.40. The molecule has 104 valence electrons. The van der Waals surface area contributed by atoms with Gasteiger partial charge in [-0.1, -0.05) is 13.8 Å². The van der Waals surface area contributed by atoms with Gasteiger partial charge in [-0.3, -0.25) is 0 Å². The van der Waals surface area contributed by atoms with E-state index in [4.69, 9.17) is 19.8 Å². The van der Waals surface area contributed by atoms with E-state index in [1.165, 1.54) is 0 Å². The SMILES string of the molecule is CC(C)C(Cl)[Si](C)(C)O[Si](C)(C)O[Si](C)(C)C. The van der Waals surface area contributed by atoms with Gasteiger partial charge in [0.2, 0.25) is 0 Å². The molecule has 0 aliphatic heterocycles. The molecule has 0 aliphatic carbocycles. The van der Waals surface area contributed by atoms with Crippen LogP contribution in [0.15, 0.2) is 0 Å². The molecule has 0 aliphatic rings. The summed E-state index contributed by atoms with van der Waals surface area (Å²) in [7, 11) is -5.46. The van der Waals surface area contributed by atoms with Crippen LogP contribution in [0.25, 0.3) is 0 Å². The summed E-state index contributed by atoms with van der Waals surface area (Å²) in [5.41, 5.74) is 0. The van der Waals surface area contributed by atoms with Crippen molar-refractivity contribution in [2.75, 3.05) is 0 Å². The average Bonchev–Trinajstić information content (AvgIpc) is 1.94. The molecule has 0 radical (unpaired) electrons. The second kappa shape index (κ2) is 5.88. The summed E-state index contributed by atoms with van der Waals surface area (Å²) in [5, 5.41) is 0.138. The molecule has 0 spiro atoms. The van der Waals surface area contributed by atoms with Gasteiger partial charge in [-0.05, 0) is 51.7 Å². The maximum Gasteiger partial charge on any atom is 0.311 e. The third kappa shape index (κ3) is 7.12. The number of hydrogen-bond acceptors (Lipinski definition) is 2. The molecule has 6 heteroatoms. The highest BCUT2D eigenvalue weighted by atomic mass is 35.5. The molecule has 0 amide bonds. The Morgan fingerprint density at radius 2 is 1.24 bits per heavy atom. The molecule has 0 bridgehead atoms. The fourth-order valence-corrected chi connectivity index (χ4v) is 16.2. The lowest BCUT2D eigenvalue weighted by molar-refractivity contribution is 0.385. The van der Waals surface area contributed by atoms with Gasteiger partial charge in [0.1, 0.15) is 0 Å². The molecule has 0 rings (SSSR count). The van der Waals surface area contributed by atoms with E-state index in [2.05, 4.69) is 59.7 Å². The quantitative estimate of drug-likeness (QED) is 0.528. The van der Waals surface area contributed by atoms with Gasteiger partial charge < -0.3 is 8.23 Å². The highest BCUT2D eigenvalue weighted by Crippen LogP contribution is 2.28. The zero-order chi connectivity index (χ0) is 14.1. The van der Waals surface area contributed by atoms with E-state index in [1.807, 2.05) is 0 Å². The molecule has 2 nitrogen and oxygen atoms in total. The van der Waals surface area contributed by atoms with Gasteiger partial charge in [-0.2, -0.15) is 0 Å². The van der Waals surface area contributed by atoms with Crippen molar-refractivity contribution in [2.24, 2.45) is 5.92 Å². The molecule has 0 aromatic carbocycles. The van der Waals surface area contributed by atoms with Crippen LogP contribution in [-0.4, -0.2) is 30.2 Å². The van der Waals surface area contributed by atoms with Crippen LogP contribution < -0.4 is 0 Å². The van der Waals surface area contributed by atoms with E-state index >= 15 is 0 Å². The highest BCUT2D eigenvalue weighted by Gasteiger charge is 2.42. The van der Waals surface area contributed by atoms with Crippen LogP contribution in [0.1, 0.15) is 13.8 Å². The Bertz CT molecular complexity index is 250. The summed E-state index contributed by atoms with van der Waals surface area (Å²) < 4.78 is 12.6. The van der Waals surface area contributed by atoms with E-state index in [1.54, 1.807) is 0 Å². The van der Waals surface area contributed by atoms with E-state index in [0.29, 0.717) is 5.92 Å². The summed E-state index contributed by atoms with van der Waals surface area (Å²) in [6.45, 7) is 19.6. The first-order chi connectivity index (χ1) is 7.27. The highest BCUT2D eigenvalue weighted by molar-refractivity contribution is 6.90. The van der Waals surface area contributed by atoms with Gasteiger partial charge in [0.15, 0.2) is 16.6 Å². The fourth-order valence-electron chi connectivity index (χ4n) is 2.25. The molecule has 0 N–H and O–H groups in total. The smallest absolute Gasteiger partial charge is 0.311 e. The second-order valence-electron chi connectivity index (χ2n) is 6.97. The molecule has 0 aromatic rings. The van der Waals surface area contributed by atoms with Gasteiger partial charge in [0.05, 0.1) is 5.00 Å². The summed E-state index contributed by atoms with van der Waals surface area (Å²) in [6, 6.07) is 0. The largest absolute Gasteiger partial charge is 0.437 e. The average molecular weight is 313 g/mol. The Kier molecular flexibility index (Phi) is 6.18. The van der Waals surface area contributed by atoms with E-state index < -0.39 is 25.2 Å². The van der Waals surface area contributed by atoms with Crippen molar-refractivity contribution in [1.82, 2.24) is 0 Å². The predicted octanol–water partition coefficient (Wildman–Crippen LogP) is 4.56. The van der Waals surface area contributed by atoms with Gasteiger partial charge >= 0.3 is 8.56 Å². The topological polar surface area (TPSA) is 18.5 Å². The van der Waals surface area contributed by atoms with Crippen molar-refractivity contribution in [3.63, 3.8) is 0 Å². The molecule has 17 heavy (non-hydrogen) atoms. The first-order valence-corrected chi connectivity index (χ1v) is 16.0. The first kappa shape index (κ1) is 17.9. The molecule has 0 fully saturated rings. The van der Waals surface area contributed by atoms with Crippen LogP contribution in [0.4, 0.5) is 0 Å². The maximum atomic E-state index is 6.50. The van der Waals surface area contributed by atoms with Gasteiger partial charge in [0.25, 0.3) is 0 Å². The van der Waals surface area contributed by atoms with Crippen molar-refractivity contribution < 1.29 is 8.23 Å². The lowest BCUT2D eigenvalue weighted by atomic mass is 10.3. The number of halogens is 1. The Morgan fingerprint density at radius 3 is 1.53 bits per heavy atom. The molecule has 0 aromatic heterocycles. The number of rotatable bonds is 6. The molecular weight excluding hydrogens is 284 g/mol. The molecule has 0 heterocycles. The fraction of sp³-hybridized carbons (Fsp3) is 1.00. The Balaban J connectivity index is 4.70. The van der Waals surface area contributed by atoms with E-state index in [0.717, 1.165) is 0 Å². The molecular formula is C11H29ClO2Si3. The van der Waals surface area contributed by atoms with Crippen molar-refractivity contribution in [2.45, 2.75) is 64.7 Å². The first-order valence-electron chi connectivity index (χ1n) is 6.31.